The van der Waals surface area contributed by atoms with Gasteiger partial charge in [0.25, 0.3) is 6.02 Å². The Kier molecular flexibility index (Phi) is 4.70. The summed E-state index contributed by atoms with van der Waals surface area (Å²) >= 11 is 0. The summed E-state index contributed by atoms with van der Waals surface area (Å²) in [6, 6.07) is -0.800. The van der Waals surface area contributed by atoms with Gasteiger partial charge >= 0.3 is 12.1 Å². The molecule has 0 aromatic heterocycles. The number of esters is 1. The van der Waals surface area contributed by atoms with Crippen LogP contribution in [0.2, 0.25) is 0 Å². The maximum atomic E-state index is 11.2. The minimum Gasteiger partial charge on any atom is -0.444 e. The maximum Gasteiger partial charge on any atom is 0.409 e. The molecule has 1 unspecified atom stereocenters. The monoisotopic (exact) mass is 232 g/mol. The van der Waals surface area contributed by atoms with Crippen molar-refractivity contribution >= 4 is 18.1 Å². The van der Waals surface area contributed by atoms with Crippen molar-refractivity contribution in [3.63, 3.8) is 0 Å². The summed E-state index contributed by atoms with van der Waals surface area (Å²) in [6.07, 6.45) is -2.29. The number of ether oxygens (including phenoxy) is 2. The number of rotatable bonds is 2. The van der Waals surface area contributed by atoms with E-state index >= 15 is 0 Å². The van der Waals surface area contributed by atoms with E-state index in [4.69, 9.17) is 21.6 Å². The molecule has 0 aromatic rings. The molecular weight excluding hydrogens is 216 g/mol. The third-order valence-corrected chi connectivity index (χ3v) is 1.14. The van der Waals surface area contributed by atoms with Crippen LogP contribution in [-0.2, 0) is 14.3 Å². The fraction of sp³-hybridized carbons (Fsp3) is 0.625. The topological polar surface area (TPSA) is 141 Å². The van der Waals surface area contributed by atoms with Gasteiger partial charge in [0.05, 0.1) is 0 Å². The van der Waals surface area contributed by atoms with Crippen LogP contribution >= 0.6 is 0 Å². The first-order valence-electron chi connectivity index (χ1n) is 4.42. The standard InChI is InChI=1S/C8H16N4O4/c1-8(2,3)16-7(14)12-4(9)5(13)15-6(10)11/h4H,9H2,1-3H3,(H3,10,11)(H,12,14). The predicted octanol–water partition coefficient (Wildman–Crippen LogP) is -0.767. The number of hydrogen-bond donors (Lipinski definition) is 4. The number of amidine groups is 1. The normalized spacial score (nSPS) is 12.5. The largest absolute Gasteiger partial charge is 0.444 e. The second-order valence-corrected chi connectivity index (χ2v) is 3.91. The maximum absolute atomic E-state index is 11.2. The fourth-order valence-electron chi connectivity index (χ4n) is 0.665. The van der Waals surface area contributed by atoms with E-state index in [-0.39, 0.29) is 0 Å². The number of alkyl carbamates (subject to hydrolysis) is 1. The molecule has 8 heteroatoms. The number of amides is 1. The highest BCUT2D eigenvalue weighted by atomic mass is 16.6. The van der Waals surface area contributed by atoms with E-state index in [1.165, 1.54) is 0 Å². The molecule has 0 spiro atoms. The van der Waals surface area contributed by atoms with Crippen LogP contribution in [0.5, 0.6) is 0 Å². The Bertz CT molecular complexity index is 297. The fourth-order valence-corrected chi connectivity index (χ4v) is 0.665. The molecule has 0 saturated heterocycles. The molecule has 1 atom stereocenters. The average molecular weight is 232 g/mol. The summed E-state index contributed by atoms with van der Waals surface area (Å²) in [4.78, 5) is 22.2. The lowest BCUT2D eigenvalue weighted by molar-refractivity contribution is -0.138. The number of carbonyl (C=O) groups is 2. The van der Waals surface area contributed by atoms with Crippen molar-refractivity contribution in [1.82, 2.24) is 5.32 Å². The van der Waals surface area contributed by atoms with Crippen LogP contribution in [0.25, 0.3) is 0 Å². The first-order valence-corrected chi connectivity index (χ1v) is 4.42. The molecule has 0 aliphatic heterocycles. The number of hydrogen-bond acceptors (Lipinski definition) is 6. The van der Waals surface area contributed by atoms with Gasteiger partial charge in [-0.2, -0.15) is 0 Å². The van der Waals surface area contributed by atoms with E-state index < -0.39 is 29.9 Å². The quantitative estimate of drug-likeness (QED) is 0.213. The van der Waals surface area contributed by atoms with Crippen molar-refractivity contribution in [2.45, 2.75) is 32.5 Å². The van der Waals surface area contributed by atoms with Crippen molar-refractivity contribution in [3.05, 3.63) is 0 Å². The second-order valence-electron chi connectivity index (χ2n) is 3.91. The Labute approximate surface area is 92.8 Å². The van der Waals surface area contributed by atoms with Crippen molar-refractivity contribution in [3.8, 4) is 0 Å². The molecule has 0 bridgehead atoms. The van der Waals surface area contributed by atoms with Gasteiger partial charge in [-0.3, -0.25) is 10.7 Å². The van der Waals surface area contributed by atoms with Crippen LogP contribution in [0.1, 0.15) is 20.8 Å². The number of nitrogens with one attached hydrogen (secondary N) is 2. The molecule has 92 valence electrons. The lowest BCUT2D eigenvalue weighted by Crippen LogP contribution is -2.50. The first-order chi connectivity index (χ1) is 7.11. The summed E-state index contributed by atoms with van der Waals surface area (Å²) in [7, 11) is 0. The number of nitrogens with two attached hydrogens (primary N) is 2. The SMILES string of the molecule is CC(C)(C)OC(=O)NC(N)C(=O)OC(=N)N. The summed E-state index contributed by atoms with van der Waals surface area (Å²) in [5.41, 5.74) is 9.35. The molecule has 8 nitrogen and oxygen atoms in total. The highest BCUT2D eigenvalue weighted by Crippen LogP contribution is 2.06. The van der Waals surface area contributed by atoms with Gasteiger partial charge in [0.1, 0.15) is 5.60 Å². The molecule has 6 N–H and O–H groups in total. The summed E-state index contributed by atoms with van der Waals surface area (Å²) in [5, 5.41) is 8.71. The summed E-state index contributed by atoms with van der Waals surface area (Å²) in [5.74, 6) is -1.04. The molecule has 1 amide bonds. The first kappa shape index (κ1) is 14.2. The van der Waals surface area contributed by atoms with E-state index in [9.17, 15) is 9.59 Å². The Morgan fingerprint density at radius 2 is 1.88 bits per heavy atom. The van der Waals surface area contributed by atoms with Gasteiger partial charge in [-0.15, -0.1) is 0 Å². The minimum atomic E-state index is -1.43. The van der Waals surface area contributed by atoms with Crippen LogP contribution in [0.3, 0.4) is 0 Å². The smallest absolute Gasteiger partial charge is 0.409 e. The van der Waals surface area contributed by atoms with Gasteiger partial charge in [-0.1, -0.05) is 0 Å². The molecule has 0 radical (unpaired) electrons. The molecule has 0 rings (SSSR count). The molecule has 0 heterocycles. The van der Waals surface area contributed by atoms with Crippen LogP contribution in [-0.4, -0.2) is 29.9 Å². The zero-order chi connectivity index (χ0) is 12.9. The van der Waals surface area contributed by atoms with Gasteiger partial charge in [-0.05, 0) is 20.8 Å². The van der Waals surface area contributed by atoms with Crippen LogP contribution in [0.15, 0.2) is 0 Å². The lowest BCUT2D eigenvalue weighted by atomic mass is 10.2. The third kappa shape index (κ3) is 6.60. The van der Waals surface area contributed by atoms with Crippen molar-refractivity contribution in [2.75, 3.05) is 0 Å². The van der Waals surface area contributed by atoms with Gasteiger partial charge in [-0.25, -0.2) is 9.59 Å². The minimum absolute atomic E-state index is 0.700. The zero-order valence-corrected chi connectivity index (χ0v) is 9.37. The molecular formula is C8H16N4O4. The zero-order valence-electron chi connectivity index (χ0n) is 9.37. The predicted molar refractivity (Wildman–Crippen MR) is 55.4 cm³/mol. The van der Waals surface area contributed by atoms with Gasteiger partial charge in [0, 0.05) is 0 Å². The van der Waals surface area contributed by atoms with E-state index in [1.807, 2.05) is 5.32 Å². The van der Waals surface area contributed by atoms with Crippen molar-refractivity contribution in [2.24, 2.45) is 11.5 Å². The Morgan fingerprint density at radius 3 is 2.25 bits per heavy atom. The van der Waals surface area contributed by atoms with Crippen LogP contribution in [0.4, 0.5) is 4.79 Å². The number of carbonyl (C=O) groups excluding carboxylic acids is 2. The van der Waals surface area contributed by atoms with Crippen LogP contribution < -0.4 is 16.8 Å². The van der Waals surface area contributed by atoms with E-state index in [0.717, 1.165) is 0 Å². The summed E-state index contributed by atoms with van der Waals surface area (Å²) < 4.78 is 9.01. The Hall–Kier alpha value is -1.83. The molecule has 16 heavy (non-hydrogen) atoms. The molecule has 0 aromatic carbocycles. The molecule has 0 fully saturated rings. The van der Waals surface area contributed by atoms with Crippen LogP contribution in [0, 0.1) is 5.41 Å². The Morgan fingerprint density at radius 1 is 1.38 bits per heavy atom. The van der Waals surface area contributed by atoms with Crippen molar-refractivity contribution < 1.29 is 19.1 Å². The van der Waals surface area contributed by atoms with Gasteiger partial charge < -0.3 is 20.9 Å². The van der Waals surface area contributed by atoms with Crippen molar-refractivity contribution in [1.29, 1.82) is 5.41 Å². The molecule has 0 aliphatic carbocycles. The lowest BCUT2D eigenvalue weighted by Gasteiger charge is -2.21. The van der Waals surface area contributed by atoms with E-state index in [1.54, 1.807) is 20.8 Å². The average Bonchev–Trinajstić information content (AvgIpc) is 1.98. The second kappa shape index (κ2) is 5.31. The van der Waals surface area contributed by atoms with Gasteiger partial charge in [0.2, 0.25) is 0 Å². The summed E-state index contributed by atoms with van der Waals surface area (Å²) in [6.45, 7) is 4.98. The highest BCUT2D eigenvalue weighted by molar-refractivity contribution is 5.89. The Balaban J connectivity index is 4.14. The molecule has 0 aliphatic rings. The highest BCUT2D eigenvalue weighted by Gasteiger charge is 2.22. The van der Waals surface area contributed by atoms with E-state index in [0.29, 0.717) is 0 Å². The van der Waals surface area contributed by atoms with E-state index in [2.05, 4.69) is 4.74 Å². The third-order valence-electron chi connectivity index (χ3n) is 1.14. The van der Waals surface area contributed by atoms with Gasteiger partial charge in [0.15, 0.2) is 6.17 Å². The molecule has 0 saturated carbocycles.